The van der Waals surface area contributed by atoms with Gasteiger partial charge in [0.05, 0.1) is 15.9 Å². The predicted octanol–water partition coefficient (Wildman–Crippen LogP) is 4.67. The van der Waals surface area contributed by atoms with Crippen LogP contribution in [0, 0.1) is 0 Å². The Labute approximate surface area is 150 Å². The number of fused-ring (bicyclic) bond motifs is 4. The first-order chi connectivity index (χ1) is 12.2. The zero-order chi connectivity index (χ0) is 17.0. The highest BCUT2D eigenvalue weighted by molar-refractivity contribution is 7.17. The number of hydrogen-bond donors (Lipinski definition) is 1. The van der Waals surface area contributed by atoms with E-state index in [0.29, 0.717) is 0 Å². The molecule has 124 valence electrons. The third-order valence-electron chi connectivity index (χ3n) is 4.85. The molecule has 2 aromatic carbocycles. The molecule has 0 atom stereocenters. The fraction of sp³-hybridized carbons (Fsp3) is 0.200. The Kier molecular flexibility index (Phi) is 3.26. The maximum Gasteiger partial charge on any atom is 0.108 e. The van der Waals surface area contributed by atoms with E-state index in [2.05, 4.69) is 64.6 Å². The van der Waals surface area contributed by atoms with E-state index in [1.54, 1.807) is 11.3 Å². The number of nitrogens with one attached hydrogen (secondary N) is 1. The summed E-state index contributed by atoms with van der Waals surface area (Å²) in [4.78, 5) is 11.6. The van der Waals surface area contributed by atoms with Crippen molar-refractivity contribution in [2.24, 2.45) is 0 Å². The molecule has 0 bridgehead atoms. The van der Waals surface area contributed by atoms with E-state index in [4.69, 9.17) is 0 Å². The number of benzene rings is 2. The zero-order valence-corrected chi connectivity index (χ0v) is 15.0. The molecule has 0 radical (unpaired) electrons. The summed E-state index contributed by atoms with van der Waals surface area (Å²) >= 11 is 1.71. The Bertz CT molecular complexity index is 1110. The molecule has 4 aromatic rings. The Morgan fingerprint density at radius 1 is 1.04 bits per heavy atom. The van der Waals surface area contributed by atoms with Gasteiger partial charge in [0, 0.05) is 29.4 Å². The molecule has 0 fully saturated rings. The molecule has 1 N–H and O–H groups in total. The van der Waals surface area contributed by atoms with Gasteiger partial charge in [0.25, 0.3) is 0 Å². The Balaban J connectivity index is 1.90. The number of likely N-dealkylation sites (N-methyl/N-ethyl adjacent to an activating group) is 1. The average molecular weight is 346 g/mol. The molecule has 0 unspecified atom stereocenters. The van der Waals surface area contributed by atoms with Gasteiger partial charge < -0.3 is 10.2 Å². The Hall–Kier alpha value is -2.50. The standard InChI is InChI=1S/C20H18N4S/c1-24(2)10-8-14-17-16-13(12-5-3-4-6-15(12)23-17)7-9-21-18(16)19-20(14)25-11-22-19/h3-7,9,11,23H,8,10H2,1-2H3. The lowest BCUT2D eigenvalue weighted by Gasteiger charge is -2.25. The summed E-state index contributed by atoms with van der Waals surface area (Å²) in [6, 6.07) is 10.6. The molecule has 0 spiro atoms. The second-order valence-corrected chi connectivity index (χ2v) is 7.54. The zero-order valence-electron chi connectivity index (χ0n) is 14.2. The van der Waals surface area contributed by atoms with Gasteiger partial charge in [-0.1, -0.05) is 18.2 Å². The summed E-state index contributed by atoms with van der Waals surface area (Å²) in [5, 5.41) is 4.90. The third-order valence-corrected chi connectivity index (χ3v) is 5.74. The number of para-hydroxylation sites is 1. The van der Waals surface area contributed by atoms with Crippen LogP contribution in [0.3, 0.4) is 0 Å². The van der Waals surface area contributed by atoms with Crippen LogP contribution in [0.5, 0.6) is 0 Å². The molecule has 25 heavy (non-hydrogen) atoms. The fourth-order valence-corrected chi connectivity index (χ4v) is 4.56. The minimum atomic E-state index is 0.987. The largest absolute Gasteiger partial charge is 0.354 e. The summed E-state index contributed by atoms with van der Waals surface area (Å²) in [6.07, 6.45) is 2.89. The van der Waals surface area contributed by atoms with Gasteiger partial charge in [-0.3, -0.25) is 4.98 Å². The molecule has 0 saturated heterocycles. The van der Waals surface area contributed by atoms with E-state index in [1.807, 2.05) is 11.7 Å². The molecule has 5 rings (SSSR count). The number of aromatic nitrogens is 2. The van der Waals surface area contributed by atoms with Crippen LogP contribution in [-0.2, 0) is 6.42 Å². The van der Waals surface area contributed by atoms with Crippen LogP contribution in [0.2, 0.25) is 0 Å². The topological polar surface area (TPSA) is 41.1 Å². The molecular weight excluding hydrogens is 328 g/mol. The second-order valence-electron chi connectivity index (χ2n) is 6.69. The first-order valence-electron chi connectivity index (χ1n) is 8.42. The van der Waals surface area contributed by atoms with Crippen LogP contribution in [-0.4, -0.2) is 35.5 Å². The monoisotopic (exact) mass is 346 g/mol. The summed E-state index contributed by atoms with van der Waals surface area (Å²) in [7, 11) is 4.23. The molecular formula is C20H18N4S. The van der Waals surface area contributed by atoms with Gasteiger partial charge in [-0.2, -0.15) is 0 Å². The molecule has 0 aliphatic carbocycles. The van der Waals surface area contributed by atoms with E-state index < -0.39 is 0 Å². The van der Waals surface area contributed by atoms with Crippen molar-refractivity contribution >= 4 is 43.8 Å². The van der Waals surface area contributed by atoms with E-state index in [1.165, 1.54) is 32.5 Å². The minimum absolute atomic E-state index is 0.987. The van der Waals surface area contributed by atoms with Crippen LogP contribution in [0.25, 0.3) is 32.2 Å². The lowest BCUT2D eigenvalue weighted by Crippen LogP contribution is -2.16. The minimum Gasteiger partial charge on any atom is -0.354 e. The van der Waals surface area contributed by atoms with Gasteiger partial charge in [-0.25, -0.2) is 4.98 Å². The summed E-state index contributed by atoms with van der Waals surface area (Å²) in [5.41, 5.74) is 10.2. The molecule has 5 heteroatoms. The lowest BCUT2D eigenvalue weighted by atomic mass is 9.91. The highest BCUT2D eigenvalue weighted by Crippen LogP contribution is 2.47. The highest BCUT2D eigenvalue weighted by atomic mass is 32.1. The number of thiazole rings is 1. The average Bonchev–Trinajstić information content (AvgIpc) is 3.11. The Morgan fingerprint density at radius 2 is 1.92 bits per heavy atom. The Morgan fingerprint density at radius 3 is 2.80 bits per heavy atom. The van der Waals surface area contributed by atoms with E-state index in [-0.39, 0.29) is 0 Å². The summed E-state index contributed by atoms with van der Waals surface area (Å²) < 4.78 is 1.25. The number of nitrogens with zero attached hydrogens (tertiary/aromatic N) is 3. The van der Waals surface area contributed by atoms with Crippen molar-refractivity contribution in [1.82, 2.24) is 14.9 Å². The van der Waals surface area contributed by atoms with Crippen molar-refractivity contribution in [2.45, 2.75) is 6.42 Å². The number of anilines is 2. The van der Waals surface area contributed by atoms with Gasteiger partial charge in [0.2, 0.25) is 0 Å². The van der Waals surface area contributed by atoms with E-state index >= 15 is 0 Å². The van der Waals surface area contributed by atoms with Gasteiger partial charge in [0.1, 0.15) is 11.0 Å². The number of pyridine rings is 1. The van der Waals surface area contributed by atoms with Crippen LogP contribution < -0.4 is 5.32 Å². The third kappa shape index (κ3) is 2.16. The molecule has 0 amide bonds. The van der Waals surface area contributed by atoms with Crippen molar-refractivity contribution in [1.29, 1.82) is 0 Å². The maximum atomic E-state index is 4.69. The van der Waals surface area contributed by atoms with Gasteiger partial charge in [-0.05, 0) is 43.8 Å². The van der Waals surface area contributed by atoms with Crippen molar-refractivity contribution < 1.29 is 0 Å². The number of hydrogen-bond acceptors (Lipinski definition) is 5. The smallest absolute Gasteiger partial charge is 0.108 e. The quantitative estimate of drug-likeness (QED) is 0.515. The first-order valence-corrected chi connectivity index (χ1v) is 9.30. The lowest BCUT2D eigenvalue weighted by molar-refractivity contribution is 0.414. The van der Waals surface area contributed by atoms with Gasteiger partial charge in [-0.15, -0.1) is 11.3 Å². The fourth-order valence-electron chi connectivity index (χ4n) is 3.69. The highest BCUT2D eigenvalue weighted by Gasteiger charge is 2.24. The van der Waals surface area contributed by atoms with Crippen molar-refractivity contribution in [3.05, 3.63) is 47.6 Å². The molecule has 3 heterocycles. The van der Waals surface area contributed by atoms with Crippen LogP contribution in [0.4, 0.5) is 11.4 Å². The van der Waals surface area contributed by atoms with E-state index in [0.717, 1.165) is 29.7 Å². The normalized spacial score (nSPS) is 12.6. The van der Waals surface area contributed by atoms with Crippen LogP contribution >= 0.6 is 11.3 Å². The van der Waals surface area contributed by atoms with Crippen molar-refractivity contribution in [2.75, 3.05) is 26.0 Å². The first kappa shape index (κ1) is 14.8. The van der Waals surface area contributed by atoms with Gasteiger partial charge in [0.15, 0.2) is 0 Å². The predicted molar refractivity (Wildman–Crippen MR) is 106 cm³/mol. The number of rotatable bonds is 3. The summed E-state index contributed by atoms with van der Waals surface area (Å²) in [5.74, 6) is 0. The van der Waals surface area contributed by atoms with E-state index in [9.17, 15) is 0 Å². The van der Waals surface area contributed by atoms with Crippen molar-refractivity contribution in [3.63, 3.8) is 0 Å². The second kappa shape index (κ2) is 5.51. The van der Waals surface area contributed by atoms with Crippen LogP contribution in [0.1, 0.15) is 5.56 Å². The van der Waals surface area contributed by atoms with Crippen molar-refractivity contribution in [3.8, 4) is 11.1 Å². The van der Waals surface area contributed by atoms with Crippen LogP contribution in [0.15, 0.2) is 42.0 Å². The molecule has 2 aromatic heterocycles. The maximum absolute atomic E-state index is 4.69. The molecule has 1 aliphatic heterocycles. The molecule has 0 saturated carbocycles. The molecule has 4 nitrogen and oxygen atoms in total. The molecule has 1 aliphatic rings. The SMILES string of the molecule is CN(C)CCc1c2c3c(ccnc3c3ncsc13)-c1ccccc1N2. The van der Waals surface area contributed by atoms with Gasteiger partial charge >= 0.3 is 0 Å². The summed E-state index contributed by atoms with van der Waals surface area (Å²) in [6.45, 7) is 1.00.